The van der Waals surface area contributed by atoms with Crippen LogP contribution in [0.2, 0.25) is 0 Å². The number of fused-ring (bicyclic) bond motifs is 2. The Balaban J connectivity index is 1.20. The standard InChI is InChI=1S/C36H37BrFN3O6/c37-30-14-13-26(38)18-32(30)47-17-3-4-22-7-9-25(10-8-22)29-19-27-20-40(35(43)44)21-31(41(27)36(45)46)33(29)34(42)39-16-15-23-5-1-2-6-28(23)24-11-12-24/h1-2,5-10,13-14,18,24,27,31H,3-4,11-12,15-17,19-21H2,(H,39,42)(H,43,44)(H,45,46). The maximum absolute atomic E-state index is 14.0. The Hall–Kier alpha value is -4.38. The van der Waals surface area contributed by atoms with Crippen molar-refractivity contribution in [3.63, 3.8) is 0 Å². The lowest BCUT2D eigenvalue weighted by atomic mass is 9.81. The molecule has 3 aliphatic rings. The fourth-order valence-electron chi connectivity index (χ4n) is 6.79. The topological polar surface area (TPSA) is 119 Å². The minimum atomic E-state index is -1.17. The van der Waals surface area contributed by atoms with Gasteiger partial charge in [0.05, 0.1) is 23.2 Å². The third-order valence-corrected chi connectivity index (χ3v) is 9.86. The van der Waals surface area contributed by atoms with Gasteiger partial charge in [-0.05, 0) is 100 Å². The van der Waals surface area contributed by atoms with Crippen molar-refractivity contribution in [2.75, 3.05) is 26.2 Å². The Morgan fingerprint density at radius 1 is 0.957 bits per heavy atom. The van der Waals surface area contributed by atoms with E-state index < -0.39 is 24.3 Å². The molecule has 246 valence electrons. The van der Waals surface area contributed by atoms with Crippen LogP contribution in [0, 0.1) is 5.82 Å². The molecular weight excluding hydrogens is 669 g/mol. The molecule has 0 aromatic heterocycles. The Bertz CT molecular complexity index is 1690. The molecule has 1 aliphatic carbocycles. The van der Waals surface area contributed by atoms with E-state index in [-0.39, 0.29) is 31.2 Å². The van der Waals surface area contributed by atoms with Crippen molar-refractivity contribution in [1.29, 1.82) is 0 Å². The van der Waals surface area contributed by atoms with E-state index in [2.05, 4.69) is 33.4 Å². The van der Waals surface area contributed by atoms with Crippen LogP contribution in [0.4, 0.5) is 14.0 Å². The molecule has 1 saturated heterocycles. The molecule has 2 aliphatic heterocycles. The summed E-state index contributed by atoms with van der Waals surface area (Å²) in [4.78, 5) is 40.8. The van der Waals surface area contributed by atoms with Gasteiger partial charge in [-0.25, -0.2) is 14.0 Å². The number of nitrogens with zero attached hydrogens (tertiary/aromatic N) is 2. The number of ether oxygens (including phenoxy) is 1. The molecule has 6 rings (SSSR count). The van der Waals surface area contributed by atoms with E-state index in [4.69, 9.17) is 4.74 Å². The number of rotatable bonds is 11. The summed E-state index contributed by atoms with van der Waals surface area (Å²) in [7, 11) is 0. The van der Waals surface area contributed by atoms with Crippen molar-refractivity contribution in [1.82, 2.24) is 15.1 Å². The second-order valence-corrected chi connectivity index (χ2v) is 13.2. The van der Waals surface area contributed by atoms with E-state index in [0.717, 1.165) is 16.7 Å². The molecule has 3 aromatic rings. The highest BCUT2D eigenvalue weighted by molar-refractivity contribution is 9.10. The summed E-state index contributed by atoms with van der Waals surface area (Å²) in [6.07, 6.45) is 2.32. The highest BCUT2D eigenvalue weighted by Gasteiger charge is 2.47. The Morgan fingerprint density at radius 3 is 2.45 bits per heavy atom. The summed E-state index contributed by atoms with van der Waals surface area (Å²) >= 11 is 3.37. The summed E-state index contributed by atoms with van der Waals surface area (Å²) in [5.41, 5.74) is 5.41. The monoisotopic (exact) mass is 705 g/mol. The minimum Gasteiger partial charge on any atom is -0.492 e. The summed E-state index contributed by atoms with van der Waals surface area (Å²) in [6.45, 7) is 0.694. The summed E-state index contributed by atoms with van der Waals surface area (Å²) in [5.74, 6) is 0.278. The summed E-state index contributed by atoms with van der Waals surface area (Å²) in [5, 5.41) is 23.0. The van der Waals surface area contributed by atoms with Crippen molar-refractivity contribution in [3.8, 4) is 5.75 Å². The number of hydrogen-bond acceptors (Lipinski definition) is 4. The van der Waals surface area contributed by atoms with E-state index in [1.807, 2.05) is 36.4 Å². The van der Waals surface area contributed by atoms with Gasteiger partial charge in [-0.2, -0.15) is 0 Å². The molecule has 47 heavy (non-hydrogen) atoms. The lowest BCUT2D eigenvalue weighted by molar-refractivity contribution is -0.118. The highest BCUT2D eigenvalue weighted by atomic mass is 79.9. The number of halogens is 2. The molecule has 2 atom stereocenters. The molecule has 1 saturated carbocycles. The number of amides is 3. The predicted octanol–water partition coefficient (Wildman–Crippen LogP) is 6.70. The van der Waals surface area contributed by atoms with Gasteiger partial charge in [-0.15, -0.1) is 0 Å². The minimum absolute atomic E-state index is 0.0357. The van der Waals surface area contributed by atoms with Crippen LogP contribution in [-0.4, -0.2) is 76.4 Å². The molecule has 3 N–H and O–H groups in total. The number of aryl methyl sites for hydroxylation is 1. The maximum Gasteiger partial charge on any atom is 0.408 e. The van der Waals surface area contributed by atoms with Crippen molar-refractivity contribution in [3.05, 3.63) is 105 Å². The van der Waals surface area contributed by atoms with Crippen LogP contribution in [0.1, 0.15) is 53.9 Å². The second kappa shape index (κ2) is 14.2. The van der Waals surface area contributed by atoms with Crippen molar-refractivity contribution in [2.45, 2.75) is 56.5 Å². The fourth-order valence-corrected chi connectivity index (χ4v) is 7.16. The van der Waals surface area contributed by atoms with Gasteiger partial charge in [0.15, 0.2) is 0 Å². The number of carbonyl (C=O) groups excluding carboxylic acids is 1. The predicted molar refractivity (Wildman–Crippen MR) is 178 cm³/mol. The molecule has 11 heteroatoms. The number of piperazine rings is 1. The smallest absolute Gasteiger partial charge is 0.408 e. The lowest BCUT2D eigenvalue weighted by Gasteiger charge is -2.49. The molecule has 2 heterocycles. The molecule has 0 radical (unpaired) electrons. The number of benzene rings is 3. The number of carboxylic acid groups (broad SMARTS) is 2. The van der Waals surface area contributed by atoms with Crippen molar-refractivity contribution < 1.29 is 33.7 Å². The fraction of sp³-hybridized carbons (Fsp3) is 0.361. The maximum atomic E-state index is 14.0. The second-order valence-electron chi connectivity index (χ2n) is 12.3. The summed E-state index contributed by atoms with van der Waals surface area (Å²) in [6, 6.07) is 18.9. The van der Waals surface area contributed by atoms with E-state index >= 15 is 0 Å². The number of carbonyl (C=O) groups is 3. The van der Waals surface area contributed by atoms with Gasteiger partial charge in [-0.1, -0.05) is 48.5 Å². The van der Waals surface area contributed by atoms with E-state index in [9.17, 15) is 29.0 Å². The molecular formula is C36H37BrFN3O6. The largest absolute Gasteiger partial charge is 0.492 e. The first-order valence-electron chi connectivity index (χ1n) is 15.9. The molecule has 9 nitrogen and oxygen atoms in total. The van der Waals surface area contributed by atoms with Gasteiger partial charge in [-0.3, -0.25) is 9.69 Å². The van der Waals surface area contributed by atoms with E-state index in [1.54, 1.807) is 6.07 Å². The molecule has 2 bridgehead atoms. The Labute approximate surface area is 281 Å². The summed E-state index contributed by atoms with van der Waals surface area (Å²) < 4.78 is 20.0. The number of hydrogen-bond donors (Lipinski definition) is 3. The van der Waals surface area contributed by atoms with Crippen LogP contribution >= 0.6 is 15.9 Å². The zero-order valence-electron chi connectivity index (χ0n) is 25.8. The lowest BCUT2D eigenvalue weighted by Crippen LogP contribution is -2.64. The van der Waals surface area contributed by atoms with E-state index in [1.165, 1.54) is 45.9 Å². The molecule has 3 aromatic carbocycles. The van der Waals surface area contributed by atoms with Crippen LogP contribution in [-0.2, 0) is 17.6 Å². The van der Waals surface area contributed by atoms with Crippen LogP contribution in [0.15, 0.2) is 76.8 Å². The Kier molecular flexibility index (Phi) is 9.81. The molecule has 3 amide bonds. The Morgan fingerprint density at radius 2 is 1.72 bits per heavy atom. The quantitative estimate of drug-likeness (QED) is 0.191. The van der Waals surface area contributed by atoms with Crippen LogP contribution in [0.3, 0.4) is 0 Å². The first kappa shape index (κ1) is 32.6. The molecule has 2 fully saturated rings. The van der Waals surface area contributed by atoms with Gasteiger partial charge in [0.25, 0.3) is 0 Å². The number of nitrogens with one attached hydrogen (secondary N) is 1. The van der Waals surface area contributed by atoms with Crippen LogP contribution in [0.25, 0.3) is 5.57 Å². The zero-order chi connectivity index (χ0) is 33.1. The van der Waals surface area contributed by atoms with Gasteiger partial charge in [0.1, 0.15) is 11.6 Å². The first-order valence-corrected chi connectivity index (χ1v) is 16.7. The third-order valence-electron chi connectivity index (χ3n) is 9.20. The van der Waals surface area contributed by atoms with Crippen molar-refractivity contribution >= 4 is 39.6 Å². The van der Waals surface area contributed by atoms with Crippen LogP contribution in [0.5, 0.6) is 5.75 Å². The average Bonchev–Trinajstić information content (AvgIpc) is 3.90. The first-order chi connectivity index (χ1) is 22.7. The van der Waals surface area contributed by atoms with Gasteiger partial charge in [0, 0.05) is 31.3 Å². The molecule has 0 spiro atoms. The van der Waals surface area contributed by atoms with Gasteiger partial charge < -0.3 is 25.2 Å². The van der Waals surface area contributed by atoms with Crippen LogP contribution < -0.4 is 10.1 Å². The normalized spacial score (nSPS) is 19.0. The SMILES string of the molecule is O=C(NCCc1ccccc1C1CC1)C1=C(c2ccc(CCCOc3cc(F)ccc3Br)cc2)CC2CN(C(=O)O)CC1N2C(=O)O. The van der Waals surface area contributed by atoms with E-state index in [0.29, 0.717) is 54.1 Å². The molecule has 2 unspecified atom stereocenters. The van der Waals surface area contributed by atoms with Gasteiger partial charge >= 0.3 is 12.2 Å². The zero-order valence-corrected chi connectivity index (χ0v) is 27.4. The average molecular weight is 707 g/mol. The third kappa shape index (κ3) is 7.45. The highest BCUT2D eigenvalue weighted by Crippen LogP contribution is 2.42. The van der Waals surface area contributed by atoms with Gasteiger partial charge in [0.2, 0.25) is 5.91 Å². The van der Waals surface area contributed by atoms with Crippen molar-refractivity contribution in [2.24, 2.45) is 0 Å².